The summed E-state index contributed by atoms with van der Waals surface area (Å²) in [5.74, 6) is 0. The van der Waals surface area contributed by atoms with Gasteiger partial charge < -0.3 is 0 Å². The Kier molecular flexibility index (Phi) is 2.26. The molecule has 0 aliphatic rings. The molecule has 0 saturated heterocycles. The van der Waals surface area contributed by atoms with E-state index in [4.69, 9.17) is 23.2 Å². The third kappa shape index (κ3) is 4.60. The molecule has 0 rings (SSSR count). The second kappa shape index (κ2) is 2.05. The zero-order valence-corrected chi connectivity index (χ0v) is 5.10. The van der Waals surface area contributed by atoms with E-state index >= 15 is 0 Å². The lowest BCUT2D eigenvalue weighted by atomic mass is 10.9. The monoisotopic (exact) mass is 144 g/mol. The summed E-state index contributed by atoms with van der Waals surface area (Å²) >= 11 is 13.4. The molecule has 36 valence electrons. The summed E-state index contributed by atoms with van der Waals surface area (Å²) in [6, 6.07) is 0. The van der Waals surface area contributed by atoms with Crippen LogP contribution >= 0.6 is 35.8 Å². The normalized spacial score (nSPS) is 11.2. The van der Waals surface area contributed by atoms with Crippen molar-refractivity contribution in [1.82, 2.24) is 0 Å². The molecular formula is C2H2Cl2OS. The zero-order valence-electron chi connectivity index (χ0n) is 2.69. The number of carbonyl (C=O) groups is 1. The van der Waals surface area contributed by atoms with E-state index in [1.165, 1.54) is 0 Å². The van der Waals surface area contributed by atoms with Crippen molar-refractivity contribution in [2.75, 3.05) is 0 Å². The summed E-state index contributed by atoms with van der Waals surface area (Å²) in [4.78, 5) is 9.49. The second-order valence-electron chi connectivity index (χ2n) is 0.706. The van der Waals surface area contributed by atoms with Crippen LogP contribution in [0.5, 0.6) is 0 Å². The van der Waals surface area contributed by atoms with Crippen LogP contribution in [-0.2, 0) is 4.79 Å². The molecule has 1 nitrogen and oxygen atoms in total. The lowest BCUT2D eigenvalue weighted by Crippen LogP contribution is -2.01. The van der Waals surface area contributed by atoms with Crippen LogP contribution in [0.15, 0.2) is 0 Å². The van der Waals surface area contributed by atoms with Gasteiger partial charge in [-0.25, -0.2) is 0 Å². The van der Waals surface area contributed by atoms with Gasteiger partial charge in [0.05, 0.1) is 0 Å². The number of thiol groups is 1. The molecule has 0 aromatic rings. The molecule has 0 radical (unpaired) electrons. The predicted molar refractivity (Wildman–Crippen MR) is 29.5 cm³/mol. The SMILES string of the molecule is O=CC(S)(Cl)Cl. The molecule has 0 amide bonds. The van der Waals surface area contributed by atoms with Crippen molar-refractivity contribution in [2.24, 2.45) is 0 Å². The fourth-order valence-corrected chi connectivity index (χ4v) is 0. The van der Waals surface area contributed by atoms with E-state index in [2.05, 4.69) is 12.6 Å². The Labute approximate surface area is 51.0 Å². The Balaban J connectivity index is 3.45. The first kappa shape index (κ1) is 6.60. The van der Waals surface area contributed by atoms with Gasteiger partial charge in [-0.2, -0.15) is 0 Å². The van der Waals surface area contributed by atoms with Crippen LogP contribution in [-0.4, -0.2) is 9.95 Å². The first-order valence-corrected chi connectivity index (χ1v) is 2.33. The largest absolute Gasteiger partial charge is 0.299 e. The first-order chi connectivity index (χ1) is 2.56. The van der Waals surface area contributed by atoms with Crippen LogP contribution in [0, 0.1) is 0 Å². The highest BCUT2D eigenvalue weighted by Gasteiger charge is 2.13. The minimum absolute atomic E-state index is 0.333. The number of carbonyl (C=O) groups excluding carboxylic acids is 1. The quantitative estimate of drug-likeness (QED) is 0.333. The summed E-state index contributed by atoms with van der Waals surface area (Å²) in [5, 5.41) is 0. The van der Waals surface area contributed by atoms with Gasteiger partial charge in [-0.05, 0) is 0 Å². The van der Waals surface area contributed by atoms with E-state index in [9.17, 15) is 4.79 Å². The average molecular weight is 145 g/mol. The van der Waals surface area contributed by atoms with Crippen LogP contribution < -0.4 is 0 Å². The van der Waals surface area contributed by atoms with Crippen LogP contribution in [0.4, 0.5) is 0 Å². The van der Waals surface area contributed by atoms with Crippen LogP contribution in [0.3, 0.4) is 0 Å². The first-order valence-electron chi connectivity index (χ1n) is 1.13. The number of alkyl halides is 2. The molecule has 0 saturated carbocycles. The minimum atomic E-state index is -1.50. The smallest absolute Gasteiger partial charge is 0.215 e. The molecule has 0 aromatic carbocycles. The van der Waals surface area contributed by atoms with Crippen LogP contribution in [0.2, 0.25) is 0 Å². The summed E-state index contributed by atoms with van der Waals surface area (Å²) < 4.78 is -1.50. The van der Waals surface area contributed by atoms with Crippen molar-refractivity contribution < 1.29 is 4.79 Å². The van der Waals surface area contributed by atoms with Gasteiger partial charge in [-0.15, -0.1) is 12.6 Å². The van der Waals surface area contributed by atoms with Crippen molar-refractivity contribution in [2.45, 2.75) is 3.67 Å². The number of hydrogen-bond donors (Lipinski definition) is 1. The van der Waals surface area contributed by atoms with Gasteiger partial charge in [0.1, 0.15) is 0 Å². The molecule has 0 aromatic heterocycles. The molecule has 0 heterocycles. The fourth-order valence-electron chi connectivity index (χ4n) is 0. The van der Waals surface area contributed by atoms with Gasteiger partial charge in [0.2, 0.25) is 3.67 Å². The Hall–Kier alpha value is 0.600. The zero-order chi connectivity index (χ0) is 5.21. The summed E-state index contributed by atoms with van der Waals surface area (Å²) in [6.07, 6.45) is 0.333. The third-order valence-electron chi connectivity index (χ3n) is 0.142. The van der Waals surface area contributed by atoms with E-state index < -0.39 is 3.67 Å². The predicted octanol–water partition coefficient (Wildman–Crippen LogP) is 1.25. The van der Waals surface area contributed by atoms with E-state index in [0.29, 0.717) is 6.29 Å². The summed E-state index contributed by atoms with van der Waals surface area (Å²) in [5.41, 5.74) is 0. The minimum Gasteiger partial charge on any atom is -0.299 e. The standard InChI is InChI=1S/C2H2Cl2OS/c3-2(4,6)1-5/h1,6H. The topological polar surface area (TPSA) is 17.1 Å². The fraction of sp³-hybridized carbons (Fsp3) is 0.500. The Morgan fingerprint density at radius 2 is 1.83 bits per heavy atom. The molecule has 6 heavy (non-hydrogen) atoms. The lowest BCUT2D eigenvalue weighted by Gasteiger charge is -1.95. The van der Waals surface area contributed by atoms with Gasteiger partial charge >= 0.3 is 0 Å². The van der Waals surface area contributed by atoms with E-state index in [0.717, 1.165) is 0 Å². The molecule has 0 aliphatic carbocycles. The van der Waals surface area contributed by atoms with Gasteiger partial charge in [0, 0.05) is 0 Å². The van der Waals surface area contributed by atoms with Crippen molar-refractivity contribution in [1.29, 1.82) is 0 Å². The number of rotatable bonds is 1. The van der Waals surface area contributed by atoms with E-state index in [1.54, 1.807) is 0 Å². The Morgan fingerprint density at radius 3 is 1.83 bits per heavy atom. The molecule has 0 spiro atoms. The molecule has 0 fully saturated rings. The third-order valence-corrected chi connectivity index (χ3v) is 0.425. The number of halogens is 2. The average Bonchev–Trinajstić information content (AvgIpc) is 1.35. The number of aldehydes is 1. The van der Waals surface area contributed by atoms with E-state index in [1.807, 2.05) is 0 Å². The molecule has 0 atom stereocenters. The van der Waals surface area contributed by atoms with Crippen molar-refractivity contribution in [3.63, 3.8) is 0 Å². The molecule has 0 aliphatic heterocycles. The molecule has 0 bridgehead atoms. The second-order valence-corrected chi connectivity index (χ2v) is 3.32. The van der Waals surface area contributed by atoms with Gasteiger partial charge in [0.15, 0.2) is 6.29 Å². The molecular weight excluding hydrogens is 143 g/mol. The molecule has 0 N–H and O–H groups in total. The van der Waals surface area contributed by atoms with E-state index in [-0.39, 0.29) is 0 Å². The van der Waals surface area contributed by atoms with Crippen molar-refractivity contribution in [3.05, 3.63) is 0 Å². The maximum absolute atomic E-state index is 9.49. The molecule has 4 heteroatoms. The Morgan fingerprint density at radius 1 is 1.67 bits per heavy atom. The summed E-state index contributed by atoms with van der Waals surface area (Å²) in [7, 11) is 0. The van der Waals surface area contributed by atoms with Crippen LogP contribution in [0.25, 0.3) is 0 Å². The van der Waals surface area contributed by atoms with Gasteiger partial charge in [0.25, 0.3) is 0 Å². The number of hydrogen-bond acceptors (Lipinski definition) is 2. The summed E-state index contributed by atoms with van der Waals surface area (Å²) in [6.45, 7) is 0. The Bertz CT molecular complexity index is 57.1. The van der Waals surface area contributed by atoms with Gasteiger partial charge in [-0.3, -0.25) is 4.79 Å². The highest BCUT2D eigenvalue weighted by molar-refractivity contribution is 7.86. The van der Waals surface area contributed by atoms with Crippen molar-refractivity contribution >= 4 is 42.1 Å². The highest BCUT2D eigenvalue weighted by Crippen LogP contribution is 2.20. The lowest BCUT2D eigenvalue weighted by molar-refractivity contribution is -0.106. The van der Waals surface area contributed by atoms with Crippen LogP contribution in [0.1, 0.15) is 0 Å². The molecule has 0 unspecified atom stereocenters. The highest BCUT2D eigenvalue weighted by atomic mass is 35.5. The maximum Gasteiger partial charge on any atom is 0.215 e. The van der Waals surface area contributed by atoms with Gasteiger partial charge in [-0.1, -0.05) is 23.2 Å². The maximum atomic E-state index is 9.49. The van der Waals surface area contributed by atoms with Crippen molar-refractivity contribution in [3.8, 4) is 0 Å².